The van der Waals surface area contributed by atoms with E-state index in [4.69, 9.17) is 0 Å². The molecule has 0 saturated carbocycles. The van der Waals surface area contributed by atoms with Gasteiger partial charge in [-0.15, -0.1) is 11.8 Å². The molecule has 3 aliphatic heterocycles. The third kappa shape index (κ3) is 5.14. The highest BCUT2D eigenvalue weighted by atomic mass is 79.9. The Morgan fingerprint density at radius 3 is 2.63 bits per heavy atom. The molecule has 3 heterocycles. The number of fused-ring (bicyclic) bond motifs is 1. The zero-order chi connectivity index (χ0) is 25.0. The summed E-state index contributed by atoms with van der Waals surface area (Å²) in [5.74, 6) is -1.31. The highest BCUT2D eigenvalue weighted by molar-refractivity contribution is 9.09. The molecule has 3 fully saturated rings. The number of benzene rings is 1. The molecule has 3 aliphatic rings. The number of thioether (sulfide) groups is 1. The van der Waals surface area contributed by atoms with Crippen molar-refractivity contribution in [3.05, 3.63) is 35.9 Å². The molecule has 1 spiro atoms. The number of nitrogens with one attached hydrogen (secondary N) is 2. The van der Waals surface area contributed by atoms with Crippen LogP contribution in [0.1, 0.15) is 51.0 Å². The van der Waals surface area contributed by atoms with Gasteiger partial charge in [-0.1, -0.05) is 66.0 Å². The summed E-state index contributed by atoms with van der Waals surface area (Å²) in [6.45, 7) is 3.60. The lowest BCUT2D eigenvalue weighted by Crippen LogP contribution is -2.55. The van der Waals surface area contributed by atoms with Gasteiger partial charge in [-0.2, -0.15) is 0 Å². The normalized spacial score (nSPS) is 31.0. The lowest BCUT2D eigenvalue weighted by Gasteiger charge is -2.35. The summed E-state index contributed by atoms with van der Waals surface area (Å²) in [7, 11) is 0. The number of amides is 3. The molecular weight excluding hydrogens is 530 g/mol. The van der Waals surface area contributed by atoms with Gasteiger partial charge in [0.05, 0.1) is 16.6 Å². The number of carbonyl (C=O) groups is 3. The Labute approximate surface area is 220 Å². The van der Waals surface area contributed by atoms with Crippen molar-refractivity contribution in [3.63, 3.8) is 0 Å². The monoisotopic (exact) mass is 565 g/mol. The van der Waals surface area contributed by atoms with Crippen molar-refractivity contribution in [2.24, 2.45) is 11.8 Å². The Morgan fingerprint density at radius 2 is 1.91 bits per heavy atom. The molecule has 6 atom stereocenters. The standard InChI is InChI=1S/C26H36BrN3O4S/c1-2-3-7-12-28-24(33)22-26-15-18(27)21(35-26)19(20(26)25(34)30(22)13-8-9-14-31)23(32)29-16-17-10-5-4-6-11-17/h4-6,10-11,18-22,31H,2-3,7-9,12-16H2,1H3,(H,28,33)(H,29,32)/t18?,19-,20+,21-,22?,26?/m1/s1. The predicted molar refractivity (Wildman–Crippen MR) is 141 cm³/mol. The Bertz CT molecular complexity index is 919. The first kappa shape index (κ1) is 26.5. The van der Waals surface area contributed by atoms with Crippen LogP contribution in [0.5, 0.6) is 0 Å². The molecular formula is C26H36BrN3O4S. The van der Waals surface area contributed by atoms with Crippen LogP contribution in [-0.4, -0.2) is 68.3 Å². The molecule has 3 saturated heterocycles. The number of nitrogens with zero attached hydrogens (tertiary/aromatic N) is 1. The number of rotatable bonds is 12. The Morgan fingerprint density at radius 1 is 1.14 bits per heavy atom. The van der Waals surface area contributed by atoms with E-state index < -0.39 is 22.6 Å². The maximum Gasteiger partial charge on any atom is 0.244 e. The largest absolute Gasteiger partial charge is 0.396 e. The Hall–Kier alpha value is -1.58. The van der Waals surface area contributed by atoms with E-state index in [-0.39, 0.29) is 34.4 Å². The first-order chi connectivity index (χ1) is 16.9. The minimum absolute atomic E-state index is 0.0466. The van der Waals surface area contributed by atoms with Crippen molar-refractivity contribution in [1.82, 2.24) is 15.5 Å². The van der Waals surface area contributed by atoms with Gasteiger partial charge in [0.25, 0.3) is 0 Å². The lowest BCUT2D eigenvalue weighted by atomic mass is 9.70. The average Bonchev–Trinajstić information content (AvgIpc) is 3.44. The SMILES string of the molecule is CCCCCNC(=O)C1N(CCCCO)C(=O)[C@@H]2[C@@H](C(=O)NCc3ccccc3)[C@@H]3SC12CC3Br. The molecule has 0 aromatic heterocycles. The van der Waals surface area contributed by atoms with Gasteiger partial charge < -0.3 is 20.6 Å². The minimum atomic E-state index is -0.612. The smallest absolute Gasteiger partial charge is 0.244 e. The highest BCUT2D eigenvalue weighted by Crippen LogP contribution is 2.67. The van der Waals surface area contributed by atoms with Crippen molar-refractivity contribution in [2.45, 2.75) is 72.9 Å². The maximum atomic E-state index is 13.8. The van der Waals surface area contributed by atoms with E-state index in [0.717, 1.165) is 24.8 Å². The van der Waals surface area contributed by atoms with Gasteiger partial charge in [0.2, 0.25) is 17.7 Å². The quantitative estimate of drug-likeness (QED) is 0.267. The van der Waals surface area contributed by atoms with Crippen molar-refractivity contribution in [1.29, 1.82) is 0 Å². The van der Waals surface area contributed by atoms with Crippen LogP contribution in [0.25, 0.3) is 0 Å². The molecule has 2 bridgehead atoms. The molecule has 0 aliphatic carbocycles. The molecule has 192 valence electrons. The van der Waals surface area contributed by atoms with Crippen LogP contribution in [0.3, 0.4) is 0 Å². The zero-order valence-electron chi connectivity index (χ0n) is 20.2. The number of aliphatic hydroxyl groups excluding tert-OH is 1. The zero-order valence-corrected chi connectivity index (χ0v) is 22.7. The van der Waals surface area contributed by atoms with Gasteiger partial charge in [0, 0.05) is 36.3 Å². The minimum Gasteiger partial charge on any atom is -0.396 e. The number of unbranched alkanes of at least 4 members (excludes halogenated alkanes) is 3. The summed E-state index contributed by atoms with van der Waals surface area (Å²) in [6.07, 6.45) is 4.91. The molecule has 1 aromatic rings. The number of hydrogen-bond acceptors (Lipinski definition) is 5. The summed E-state index contributed by atoms with van der Waals surface area (Å²) in [6, 6.07) is 9.15. The second-order valence-corrected chi connectivity index (χ2v) is 12.5. The molecule has 3 unspecified atom stereocenters. The van der Waals surface area contributed by atoms with Gasteiger partial charge in [-0.3, -0.25) is 14.4 Å². The molecule has 1 aromatic carbocycles. The van der Waals surface area contributed by atoms with Crippen molar-refractivity contribution in [3.8, 4) is 0 Å². The van der Waals surface area contributed by atoms with E-state index in [1.807, 2.05) is 30.3 Å². The van der Waals surface area contributed by atoms with E-state index in [1.165, 1.54) is 0 Å². The van der Waals surface area contributed by atoms with Crippen LogP contribution >= 0.6 is 27.7 Å². The van der Waals surface area contributed by atoms with Crippen LogP contribution in [0.2, 0.25) is 0 Å². The van der Waals surface area contributed by atoms with Crippen LogP contribution < -0.4 is 10.6 Å². The summed E-state index contributed by atoms with van der Waals surface area (Å²) in [4.78, 5) is 42.6. The van der Waals surface area contributed by atoms with Crippen LogP contribution in [0.15, 0.2) is 30.3 Å². The summed E-state index contributed by atoms with van der Waals surface area (Å²) in [5.41, 5.74) is 1.01. The first-order valence-corrected chi connectivity index (χ1v) is 14.6. The van der Waals surface area contributed by atoms with E-state index in [1.54, 1.807) is 16.7 Å². The van der Waals surface area contributed by atoms with Gasteiger partial charge in [-0.05, 0) is 31.2 Å². The fourth-order valence-electron chi connectivity index (χ4n) is 5.95. The van der Waals surface area contributed by atoms with Crippen molar-refractivity contribution >= 4 is 45.4 Å². The van der Waals surface area contributed by atoms with Crippen LogP contribution in [0.4, 0.5) is 0 Å². The second-order valence-electron chi connectivity index (χ2n) is 9.83. The van der Waals surface area contributed by atoms with Crippen LogP contribution in [0, 0.1) is 11.8 Å². The molecule has 4 rings (SSSR count). The van der Waals surface area contributed by atoms with Crippen molar-refractivity contribution < 1.29 is 19.5 Å². The third-order valence-electron chi connectivity index (χ3n) is 7.54. The van der Waals surface area contributed by atoms with E-state index in [0.29, 0.717) is 38.9 Å². The molecule has 3 N–H and O–H groups in total. The first-order valence-electron chi connectivity index (χ1n) is 12.8. The van der Waals surface area contributed by atoms with Gasteiger partial charge >= 0.3 is 0 Å². The number of alkyl halides is 1. The van der Waals surface area contributed by atoms with Crippen molar-refractivity contribution in [2.75, 3.05) is 19.7 Å². The average molecular weight is 567 g/mol. The fraction of sp³-hybridized carbons (Fsp3) is 0.654. The molecule has 35 heavy (non-hydrogen) atoms. The number of carbonyl (C=O) groups excluding carboxylic acids is 3. The summed E-state index contributed by atoms with van der Waals surface area (Å²) >= 11 is 5.45. The van der Waals surface area contributed by atoms with Gasteiger partial charge in [0.1, 0.15) is 6.04 Å². The Balaban J connectivity index is 1.57. The molecule has 7 nitrogen and oxygen atoms in total. The molecule has 3 amide bonds. The predicted octanol–water partition coefficient (Wildman–Crippen LogP) is 2.85. The number of aliphatic hydroxyl groups is 1. The molecule has 9 heteroatoms. The van der Waals surface area contributed by atoms with Crippen LogP contribution in [-0.2, 0) is 20.9 Å². The summed E-state index contributed by atoms with van der Waals surface area (Å²) < 4.78 is -0.612. The number of halogens is 1. The topological polar surface area (TPSA) is 98.7 Å². The number of hydrogen-bond donors (Lipinski definition) is 3. The lowest BCUT2D eigenvalue weighted by molar-refractivity contribution is -0.140. The second kappa shape index (κ2) is 11.6. The van der Waals surface area contributed by atoms with E-state index >= 15 is 0 Å². The van der Waals surface area contributed by atoms with Gasteiger partial charge in [-0.25, -0.2) is 0 Å². The maximum absolute atomic E-state index is 13.8. The highest BCUT2D eigenvalue weighted by Gasteiger charge is 2.75. The third-order valence-corrected chi connectivity index (χ3v) is 10.8. The van der Waals surface area contributed by atoms with E-state index in [9.17, 15) is 19.5 Å². The fourth-order valence-corrected chi connectivity index (χ4v) is 9.56. The van der Waals surface area contributed by atoms with Gasteiger partial charge in [0.15, 0.2) is 0 Å². The Kier molecular flexibility index (Phi) is 8.81. The number of likely N-dealkylation sites (tertiary alicyclic amines) is 1. The molecule has 0 radical (unpaired) electrons. The van der Waals surface area contributed by atoms with E-state index in [2.05, 4.69) is 33.5 Å². The summed E-state index contributed by atoms with van der Waals surface area (Å²) in [5, 5.41) is 15.4.